The molecule has 2 rings (SSSR count). The first kappa shape index (κ1) is 8.72. The minimum Gasteiger partial charge on any atom is -0.493 e. The molecule has 0 saturated heterocycles. The van der Waals surface area contributed by atoms with Crippen LogP contribution in [0.3, 0.4) is 0 Å². The zero-order valence-corrected chi connectivity index (χ0v) is 8.39. The SMILES string of the molecule is COc1cc(Cl)cc2nc(S)oc12. The Labute approximate surface area is 85.1 Å². The number of hydrogen-bond donors (Lipinski definition) is 1. The van der Waals surface area contributed by atoms with E-state index in [1.165, 1.54) is 0 Å². The van der Waals surface area contributed by atoms with Crippen molar-refractivity contribution in [1.29, 1.82) is 0 Å². The lowest BCUT2D eigenvalue weighted by Crippen LogP contribution is -1.82. The quantitative estimate of drug-likeness (QED) is 0.743. The summed E-state index contributed by atoms with van der Waals surface area (Å²) in [6.07, 6.45) is 0. The van der Waals surface area contributed by atoms with Gasteiger partial charge in [-0.25, -0.2) is 4.98 Å². The summed E-state index contributed by atoms with van der Waals surface area (Å²) in [5.74, 6) is 0.565. The summed E-state index contributed by atoms with van der Waals surface area (Å²) in [6.45, 7) is 0. The minimum absolute atomic E-state index is 0.301. The zero-order chi connectivity index (χ0) is 9.42. The van der Waals surface area contributed by atoms with Crippen molar-refractivity contribution in [1.82, 2.24) is 4.98 Å². The van der Waals surface area contributed by atoms with Gasteiger partial charge in [-0.2, -0.15) is 0 Å². The Morgan fingerprint density at radius 1 is 1.54 bits per heavy atom. The standard InChI is InChI=1S/C8H6ClNO2S/c1-11-6-3-4(9)2-5-7(6)12-8(13)10-5/h2-3H,1H3,(H,10,13). The molecule has 5 heteroatoms. The molecular weight excluding hydrogens is 210 g/mol. The number of halogens is 1. The molecule has 13 heavy (non-hydrogen) atoms. The zero-order valence-electron chi connectivity index (χ0n) is 6.74. The molecule has 0 unspecified atom stereocenters. The highest BCUT2D eigenvalue weighted by Crippen LogP contribution is 2.30. The molecule has 1 heterocycles. The number of oxazole rings is 1. The van der Waals surface area contributed by atoms with Gasteiger partial charge in [0.2, 0.25) is 0 Å². The van der Waals surface area contributed by atoms with Crippen LogP contribution in [0.2, 0.25) is 5.02 Å². The van der Waals surface area contributed by atoms with Crippen molar-refractivity contribution in [3.8, 4) is 5.75 Å². The van der Waals surface area contributed by atoms with Crippen LogP contribution in [-0.4, -0.2) is 12.1 Å². The number of hydrogen-bond acceptors (Lipinski definition) is 4. The molecule has 0 radical (unpaired) electrons. The number of thiol groups is 1. The lowest BCUT2D eigenvalue weighted by molar-refractivity contribution is 0.401. The number of methoxy groups -OCH3 is 1. The molecule has 0 atom stereocenters. The van der Waals surface area contributed by atoms with Crippen LogP contribution in [0.5, 0.6) is 5.75 Å². The molecule has 0 aliphatic heterocycles. The number of rotatable bonds is 1. The van der Waals surface area contributed by atoms with Gasteiger partial charge in [-0.05, 0) is 6.07 Å². The van der Waals surface area contributed by atoms with Crippen LogP contribution in [-0.2, 0) is 0 Å². The van der Waals surface area contributed by atoms with E-state index in [0.29, 0.717) is 27.1 Å². The predicted molar refractivity (Wildman–Crippen MR) is 52.8 cm³/mol. The molecule has 3 nitrogen and oxygen atoms in total. The summed E-state index contributed by atoms with van der Waals surface area (Å²) in [6, 6.07) is 3.37. The van der Waals surface area contributed by atoms with E-state index in [1.54, 1.807) is 19.2 Å². The largest absolute Gasteiger partial charge is 0.493 e. The van der Waals surface area contributed by atoms with E-state index in [0.717, 1.165) is 0 Å². The van der Waals surface area contributed by atoms with E-state index in [-0.39, 0.29) is 0 Å². The molecule has 0 fully saturated rings. The van der Waals surface area contributed by atoms with Crippen molar-refractivity contribution in [2.45, 2.75) is 5.22 Å². The highest BCUT2D eigenvalue weighted by Gasteiger charge is 2.09. The van der Waals surface area contributed by atoms with Crippen molar-refractivity contribution in [3.63, 3.8) is 0 Å². The van der Waals surface area contributed by atoms with E-state index in [1.807, 2.05) is 0 Å². The molecule has 2 aromatic rings. The fourth-order valence-corrected chi connectivity index (χ4v) is 1.51. The molecule has 1 aromatic heterocycles. The Bertz CT molecular complexity index is 455. The first-order chi connectivity index (χ1) is 6.20. The van der Waals surface area contributed by atoms with Crippen LogP contribution in [0, 0.1) is 0 Å². The maximum Gasteiger partial charge on any atom is 0.253 e. The smallest absolute Gasteiger partial charge is 0.253 e. The maximum atomic E-state index is 5.83. The van der Waals surface area contributed by atoms with Gasteiger partial charge in [0, 0.05) is 11.1 Å². The first-order valence-electron chi connectivity index (χ1n) is 3.54. The van der Waals surface area contributed by atoms with Crippen LogP contribution >= 0.6 is 24.2 Å². The molecule has 0 aliphatic rings. The molecule has 0 spiro atoms. The third kappa shape index (κ3) is 1.47. The highest BCUT2D eigenvalue weighted by atomic mass is 35.5. The van der Waals surface area contributed by atoms with Gasteiger partial charge >= 0.3 is 0 Å². The number of ether oxygens (including phenoxy) is 1. The van der Waals surface area contributed by atoms with Crippen LogP contribution in [0.1, 0.15) is 0 Å². The normalized spacial score (nSPS) is 10.7. The minimum atomic E-state index is 0.301. The van der Waals surface area contributed by atoms with E-state index < -0.39 is 0 Å². The van der Waals surface area contributed by atoms with Gasteiger partial charge in [-0.3, -0.25) is 0 Å². The van der Waals surface area contributed by atoms with E-state index in [4.69, 9.17) is 20.8 Å². The molecule has 0 amide bonds. The van der Waals surface area contributed by atoms with E-state index >= 15 is 0 Å². The predicted octanol–water partition coefficient (Wildman–Crippen LogP) is 2.78. The van der Waals surface area contributed by atoms with Crippen LogP contribution in [0.15, 0.2) is 21.8 Å². The summed E-state index contributed by atoms with van der Waals surface area (Å²) < 4.78 is 10.3. The Morgan fingerprint density at radius 3 is 3.00 bits per heavy atom. The van der Waals surface area contributed by atoms with Gasteiger partial charge in [-0.1, -0.05) is 24.2 Å². The van der Waals surface area contributed by atoms with Gasteiger partial charge in [-0.15, -0.1) is 0 Å². The Balaban J connectivity index is 2.80. The third-order valence-electron chi connectivity index (χ3n) is 1.63. The lowest BCUT2D eigenvalue weighted by Gasteiger charge is -1.99. The summed E-state index contributed by atoms with van der Waals surface area (Å²) >= 11 is 9.81. The molecule has 68 valence electrons. The molecule has 0 aliphatic carbocycles. The third-order valence-corrected chi connectivity index (χ3v) is 2.04. The average Bonchev–Trinajstić information content (AvgIpc) is 2.43. The van der Waals surface area contributed by atoms with Crippen molar-refractivity contribution in [3.05, 3.63) is 17.2 Å². The molecule has 0 bridgehead atoms. The van der Waals surface area contributed by atoms with E-state index in [9.17, 15) is 0 Å². The monoisotopic (exact) mass is 215 g/mol. The molecule has 0 N–H and O–H groups in total. The second-order valence-electron chi connectivity index (χ2n) is 2.45. The molecular formula is C8H6ClNO2S. The lowest BCUT2D eigenvalue weighted by atomic mass is 10.3. The van der Waals surface area contributed by atoms with Crippen molar-refractivity contribution >= 4 is 35.3 Å². The van der Waals surface area contributed by atoms with Crippen LogP contribution in [0.25, 0.3) is 11.1 Å². The Kier molecular flexibility index (Phi) is 2.09. The number of aromatic nitrogens is 1. The van der Waals surface area contributed by atoms with Crippen molar-refractivity contribution < 1.29 is 9.15 Å². The highest BCUT2D eigenvalue weighted by molar-refractivity contribution is 7.80. The van der Waals surface area contributed by atoms with Crippen molar-refractivity contribution in [2.75, 3.05) is 7.11 Å². The maximum absolute atomic E-state index is 5.83. The Morgan fingerprint density at radius 2 is 2.31 bits per heavy atom. The topological polar surface area (TPSA) is 35.3 Å². The second kappa shape index (κ2) is 3.12. The Hall–Kier alpha value is -0.870. The average molecular weight is 216 g/mol. The summed E-state index contributed by atoms with van der Waals surface area (Å²) in [5, 5.41) is 0.863. The van der Waals surface area contributed by atoms with Gasteiger partial charge in [0.25, 0.3) is 5.22 Å². The second-order valence-corrected chi connectivity index (χ2v) is 3.27. The van der Waals surface area contributed by atoms with Gasteiger partial charge in [0.05, 0.1) is 7.11 Å². The summed E-state index contributed by atoms with van der Waals surface area (Å²) in [5.41, 5.74) is 1.21. The summed E-state index contributed by atoms with van der Waals surface area (Å²) in [7, 11) is 1.55. The van der Waals surface area contributed by atoms with Gasteiger partial charge in [0.15, 0.2) is 11.3 Å². The van der Waals surface area contributed by atoms with Crippen LogP contribution in [0.4, 0.5) is 0 Å². The first-order valence-corrected chi connectivity index (χ1v) is 4.36. The number of fused-ring (bicyclic) bond motifs is 1. The van der Waals surface area contributed by atoms with Gasteiger partial charge in [0.1, 0.15) is 5.52 Å². The van der Waals surface area contributed by atoms with Crippen molar-refractivity contribution in [2.24, 2.45) is 0 Å². The molecule has 0 saturated carbocycles. The molecule has 1 aromatic carbocycles. The number of nitrogens with zero attached hydrogens (tertiary/aromatic N) is 1. The van der Waals surface area contributed by atoms with Gasteiger partial charge < -0.3 is 9.15 Å². The summed E-state index contributed by atoms with van der Waals surface area (Å²) in [4.78, 5) is 4.02. The van der Waals surface area contributed by atoms with Crippen LogP contribution < -0.4 is 4.74 Å². The number of benzene rings is 1. The fourth-order valence-electron chi connectivity index (χ4n) is 1.11. The van der Waals surface area contributed by atoms with E-state index in [2.05, 4.69) is 17.6 Å². The fraction of sp³-hybridized carbons (Fsp3) is 0.125.